The van der Waals surface area contributed by atoms with E-state index in [1.54, 1.807) is 0 Å². The van der Waals surface area contributed by atoms with Crippen LogP contribution in [0.5, 0.6) is 0 Å². The zero-order valence-electron chi connectivity index (χ0n) is 6.93. The average molecular weight is 157 g/mol. The van der Waals surface area contributed by atoms with Crippen molar-refractivity contribution >= 4 is 11.8 Å². The van der Waals surface area contributed by atoms with Gasteiger partial charge in [-0.2, -0.15) is 0 Å². The Hall–Kier alpha value is -1.24. The highest BCUT2D eigenvalue weighted by molar-refractivity contribution is 5.69. The fourth-order valence-electron chi connectivity index (χ4n) is 2.06. The molecule has 1 N–H and O–H groups in total. The highest BCUT2D eigenvalue weighted by Gasteiger charge is 2.14. The Kier molecular flexibility index (Phi) is 1.12. The van der Waals surface area contributed by atoms with Crippen molar-refractivity contribution < 1.29 is 0 Å². The quantitative estimate of drug-likeness (QED) is 0.609. The molecule has 0 unspecified atom stereocenters. The predicted octanol–water partition coefficient (Wildman–Crippen LogP) is 2.22. The summed E-state index contributed by atoms with van der Waals surface area (Å²) in [6.07, 6.45) is 6.78. The lowest BCUT2D eigenvalue weighted by molar-refractivity contribution is 1.10. The van der Waals surface area contributed by atoms with Gasteiger partial charge in [0, 0.05) is 12.2 Å². The van der Waals surface area contributed by atoms with Gasteiger partial charge in [-0.3, -0.25) is 0 Å². The van der Waals surface area contributed by atoms with E-state index in [-0.39, 0.29) is 0 Å². The van der Waals surface area contributed by atoms with E-state index in [0.717, 1.165) is 13.0 Å². The van der Waals surface area contributed by atoms with Crippen molar-refractivity contribution in [2.75, 3.05) is 11.9 Å². The summed E-state index contributed by atoms with van der Waals surface area (Å²) in [7, 11) is 0. The summed E-state index contributed by atoms with van der Waals surface area (Å²) in [5, 5.41) is 3.40. The van der Waals surface area contributed by atoms with Crippen LogP contribution in [0.2, 0.25) is 0 Å². The molecule has 60 valence electrons. The zero-order chi connectivity index (χ0) is 7.97. The van der Waals surface area contributed by atoms with Crippen molar-refractivity contribution in [1.82, 2.24) is 0 Å². The molecule has 1 aliphatic carbocycles. The number of fused-ring (bicyclic) bond motifs is 2. The largest absolute Gasteiger partial charge is 0.384 e. The van der Waals surface area contributed by atoms with Gasteiger partial charge in [0.2, 0.25) is 0 Å². The topological polar surface area (TPSA) is 12.0 Å². The molecular formula is C11H11N. The third-order valence-corrected chi connectivity index (χ3v) is 2.71. The normalized spacial score (nSPS) is 17.3. The highest BCUT2D eigenvalue weighted by atomic mass is 14.9. The van der Waals surface area contributed by atoms with Crippen molar-refractivity contribution in [2.24, 2.45) is 0 Å². The number of rotatable bonds is 0. The first-order valence-electron chi connectivity index (χ1n) is 4.50. The second-order valence-electron chi connectivity index (χ2n) is 3.49. The minimum absolute atomic E-state index is 1.11. The summed E-state index contributed by atoms with van der Waals surface area (Å²) in [6.45, 7) is 1.11. The number of nitrogens with one attached hydrogen (secondary N) is 1. The Morgan fingerprint density at radius 2 is 2.17 bits per heavy atom. The van der Waals surface area contributed by atoms with Crippen LogP contribution >= 0.6 is 0 Å². The lowest BCUT2D eigenvalue weighted by atomic mass is 10.0. The maximum Gasteiger partial charge on any atom is 0.0379 e. The standard InChI is InChI=1S/C11H11N/c1-2-8-6-10-4-5-12-11(10)7-9(8)3-1/h1,3,6-7,12H,2,4-5H2. The number of hydrogen-bond donors (Lipinski definition) is 1. The summed E-state index contributed by atoms with van der Waals surface area (Å²) in [5.74, 6) is 0. The third kappa shape index (κ3) is 0.737. The summed E-state index contributed by atoms with van der Waals surface area (Å²) in [5.41, 5.74) is 5.75. The monoisotopic (exact) mass is 157 g/mol. The van der Waals surface area contributed by atoms with Crippen molar-refractivity contribution in [1.29, 1.82) is 0 Å². The molecule has 0 aromatic heterocycles. The Labute approximate surface area is 72.1 Å². The molecule has 1 aromatic carbocycles. The van der Waals surface area contributed by atoms with Crippen LogP contribution in [0.15, 0.2) is 18.2 Å². The van der Waals surface area contributed by atoms with Crippen LogP contribution in [0.4, 0.5) is 5.69 Å². The van der Waals surface area contributed by atoms with Gasteiger partial charge in [0.25, 0.3) is 0 Å². The molecule has 0 fully saturated rings. The highest BCUT2D eigenvalue weighted by Crippen LogP contribution is 2.29. The number of allylic oxidation sites excluding steroid dienone is 1. The van der Waals surface area contributed by atoms with Crippen LogP contribution in [0.25, 0.3) is 6.08 Å². The van der Waals surface area contributed by atoms with Crippen molar-refractivity contribution in [3.63, 3.8) is 0 Å². The van der Waals surface area contributed by atoms with Crippen LogP contribution in [-0.2, 0) is 12.8 Å². The molecule has 1 aromatic rings. The summed E-state index contributed by atoms with van der Waals surface area (Å²) < 4.78 is 0. The summed E-state index contributed by atoms with van der Waals surface area (Å²) >= 11 is 0. The number of anilines is 1. The van der Waals surface area contributed by atoms with Gasteiger partial charge in [0.1, 0.15) is 0 Å². The fourth-order valence-corrected chi connectivity index (χ4v) is 2.06. The van der Waals surface area contributed by atoms with Gasteiger partial charge in [-0.1, -0.05) is 18.2 Å². The molecule has 1 aliphatic heterocycles. The molecule has 1 nitrogen and oxygen atoms in total. The SMILES string of the molecule is C1=Cc2cc3c(cc2C1)CCN3. The molecule has 0 atom stereocenters. The predicted molar refractivity (Wildman–Crippen MR) is 51.4 cm³/mol. The maximum absolute atomic E-state index is 3.40. The van der Waals surface area contributed by atoms with Crippen molar-refractivity contribution in [2.45, 2.75) is 12.8 Å². The molecule has 1 heteroatoms. The van der Waals surface area contributed by atoms with Crippen LogP contribution in [0.3, 0.4) is 0 Å². The molecule has 3 rings (SSSR count). The lowest BCUT2D eigenvalue weighted by Gasteiger charge is -2.03. The van der Waals surface area contributed by atoms with E-state index in [0.29, 0.717) is 0 Å². The van der Waals surface area contributed by atoms with E-state index in [1.165, 1.54) is 28.8 Å². The zero-order valence-corrected chi connectivity index (χ0v) is 6.93. The third-order valence-electron chi connectivity index (χ3n) is 2.71. The Morgan fingerprint density at radius 1 is 1.17 bits per heavy atom. The van der Waals surface area contributed by atoms with Crippen molar-refractivity contribution in [3.05, 3.63) is 34.9 Å². The number of hydrogen-bond acceptors (Lipinski definition) is 1. The van der Waals surface area contributed by atoms with E-state index in [9.17, 15) is 0 Å². The first kappa shape index (κ1) is 6.30. The van der Waals surface area contributed by atoms with Gasteiger partial charge in [-0.05, 0) is 35.6 Å². The smallest absolute Gasteiger partial charge is 0.0379 e. The number of benzene rings is 1. The Balaban J connectivity index is 2.23. The first-order chi connectivity index (χ1) is 5.93. The van der Waals surface area contributed by atoms with Crippen LogP contribution in [-0.4, -0.2) is 6.54 Å². The molecule has 0 amide bonds. The summed E-state index contributed by atoms with van der Waals surface area (Å²) in [4.78, 5) is 0. The average Bonchev–Trinajstić information content (AvgIpc) is 2.64. The van der Waals surface area contributed by atoms with E-state index in [4.69, 9.17) is 0 Å². The van der Waals surface area contributed by atoms with Gasteiger partial charge in [0.05, 0.1) is 0 Å². The molecule has 0 bridgehead atoms. The molecule has 0 radical (unpaired) electrons. The molecule has 1 heterocycles. The van der Waals surface area contributed by atoms with E-state index < -0.39 is 0 Å². The van der Waals surface area contributed by atoms with Gasteiger partial charge in [-0.15, -0.1) is 0 Å². The first-order valence-corrected chi connectivity index (χ1v) is 4.50. The van der Waals surface area contributed by atoms with Gasteiger partial charge in [-0.25, -0.2) is 0 Å². The second-order valence-corrected chi connectivity index (χ2v) is 3.49. The second kappa shape index (κ2) is 2.13. The van der Waals surface area contributed by atoms with Gasteiger partial charge >= 0.3 is 0 Å². The maximum atomic E-state index is 3.40. The van der Waals surface area contributed by atoms with Crippen LogP contribution < -0.4 is 5.32 Å². The molecule has 0 spiro atoms. The fraction of sp³-hybridized carbons (Fsp3) is 0.273. The van der Waals surface area contributed by atoms with Gasteiger partial charge < -0.3 is 5.32 Å². The molecular weight excluding hydrogens is 146 g/mol. The van der Waals surface area contributed by atoms with Crippen LogP contribution in [0, 0.1) is 0 Å². The lowest BCUT2D eigenvalue weighted by Crippen LogP contribution is -1.91. The summed E-state index contributed by atoms with van der Waals surface area (Å²) in [6, 6.07) is 4.63. The van der Waals surface area contributed by atoms with Crippen molar-refractivity contribution in [3.8, 4) is 0 Å². The molecule has 12 heavy (non-hydrogen) atoms. The minimum atomic E-state index is 1.11. The molecule has 0 saturated carbocycles. The molecule has 0 saturated heterocycles. The van der Waals surface area contributed by atoms with Gasteiger partial charge in [0.15, 0.2) is 0 Å². The molecule has 2 aliphatic rings. The minimum Gasteiger partial charge on any atom is -0.384 e. The Morgan fingerprint density at radius 3 is 3.17 bits per heavy atom. The van der Waals surface area contributed by atoms with E-state index in [2.05, 4.69) is 29.6 Å². The van der Waals surface area contributed by atoms with Crippen LogP contribution in [0.1, 0.15) is 16.7 Å². The Bertz CT molecular complexity index is 363. The van der Waals surface area contributed by atoms with E-state index >= 15 is 0 Å². The van der Waals surface area contributed by atoms with E-state index in [1.807, 2.05) is 0 Å².